The number of methoxy groups -OCH3 is 1. The van der Waals surface area contributed by atoms with E-state index in [9.17, 15) is 9.59 Å². The Kier molecular flexibility index (Phi) is 6.68. The van der Waals surface area contributed by atoms with Gasteiger partial charge in [-0.3, -0.25) is 0 Å². The summed E-state index contributed by atoms with van der Waals surface area (Å²) in [5, 5.41) is 8.63. The molecule has 0 saturated heterocycles. The molecule has 7 nitrogen and oxygen atoms in total. The van der Waals surface area contributed by atoms with E-state index in [0.29, 0.717) is 11.3 Å². The molecular formula is C21H25BN2O5. The Labute approximate surface area is 171 Å². The number of ether oxygens (including phenoxy) is 2. The summed E-state index contributed by atoms with van der Waals surface area (Å²) >= 11 is 0. The number of hydrogen-bond donors (Lipinski definition) is 1. The zero-order chi connectivity index (χ0) is 20.9. The molecule has 3 rings (SSSR count). The average Bonchev–Trinajstić information content (AvgIpc) is 2.75. The molecular weight excluding hydrogens is 371 g/mol. The second-order valence-electron chi connectivity index (χ2n) is 7.78. The zero-order valence-corrected chi connectivity index (χ0v) is 16.8. The summed E-state index contributed by atoms with van der Waals surface area (Å²) < 4.78 is 11.3. The van der Waals surface area contributed by atoms with Crippen molar-refractivity contribution in [2.45, 2.75) is 56.9 Å². The Bertz CT molecular complexity index is 856. The standard InChI is InChI=1S/C21H25BN2O5/c1-21(14-6-4-3-5-7-14)16(12-17(20(27)28-2)22-24-10-11-25)19(26)15-8-9-23-13-18(15)29-21/h8-9,13-14,16-17,25H,3-7,12H2,1-2H3. The van der Waals surface area contributed by atoms with Crippen LogP contribution in [0.3, 0.4) is 0 Å². The topological polar surface area (TPSA) is 98.1 Å². The average molecular weight is 396 g/mol. The van der Waals surface area contributed by atoms with Crippen molar-refractivity contribution < 1.29 is 24.2 Å². The predicted molar refractivity (Wildman–Crippen MR) is 106 cm³/mol. The molecule has 8 heteroatoms. The van der Waals surface area contributed by atoms with Crippen molar-refractivity contribution in [2.75, 3.05) is 7.11 Å². The molecule has 1 N–H and O–H groups in total. The van der Waals surface area contributed by atoms with E-state index in [4.69, 9.17) is 14.6 Å². The van der Waals surface area contributed by atoms with Crippen LogP contribution in [0.2, 0.25) is 5.82 Å². The molecule has 0 amide bonds. The number of ketones is 1. The first kappa shape index (κ1) is 21.0. The van der Waals surface area contributed by atoms with E-state index >= 15 is 0 Å². The second kappa shape index (κ2) is 9.21. The van der Waals surface area contributed by atoms with Gasteiger partial charge in [-0.2, -0.15) is 0 Å². The van der Waals surface area contributed by atoms with Gasteiger partial charge >= 0.3 is 171 Å². The quantitative estimate of drug-likeness (QED) is 0.467. The molecule has 3 atom stereocenters. The predicted octanol–water partition coefficient (Wildman–Crippen LogP) is 3.14. The van der Waals surface area contributed by atoms with Crippen LogP contribution in [0.15, 0.2) is 23.4 Å². The number of Topliss-reactive ketones (excluding diaryl/α,β-unsaturated/α-hetero) is 1. The van der Waals surface area contributed by atoms with Gasteiger partial charge in [0.15, 0.2) is 0 Å². The van der Waals surface area contributed by atoms with Crippen LogP contribution in [-0.4, -0.2) is 41.6 Å². The van der Waals surface area contributed by atoms with E-state index in [1.165, 1.54) is 20.6 Å². The Morgan fingerprint density at radius 2 is 2.24 bits per heavy atom. The van der Waals surface area contributed by atoms with Crippen LogP contribution in [0.25, 0.3) is 0 Å². The van der Waals surface area contributed by atoms with Crippen LogP contribution < -0.4 is 4.74 Å². The van der Waals surface area contributed by atoms with Crippen molar-refractivity contribution in [1.82, 2.24) is 4.98 Å². The fourth-order valence-electron chi connectivity index (χ4n) is 4.58. The molecule has 2 heterocycles. The normalized spacial score (nSPS) is 25.2. The SMILES string of the molecule is COC(=O)C(B=NC#CO)CC1C(=O)c2ccncc2OC1(C)C1CCCCC1. The fraction of sp³-hybridized carbons (Fsp3) is 0.571. The van der Waals surface area contributed by atoms with Crippen LogP contribution in [0, 0.1) is 24.0 Å². The summed E-state index contributed by atoms with van der Waals surface area (Å²) in [7, 11) is 2.62. The van der Waals surface area contributed by atoms with Crippen molar-refractivity contribution in [3.63, 3.8) is 0 Å². The van der Waals surface area contributed by atoms with Crippen molar-refractivity contribution in [3.8, 4) is 17.9 Å². The number of aromatic nitrogens is 1. The van der Waals surface area contributed by atoms with Gasteiger partial charge in [-0.1, -0.05) is 0 Å². The third kappa shape index (κ3) is 4.34. The first-order valence-corrected chi connectivity index (χ1v) is 9.93. The van der Waals surface area contributed by atoms with Crippen molar-refractivity contribution >= 4 is 18.8 Å². The number of hydrogen-bond acceptors (Lipinski definition) is 7. The Morgan fingerprint density at radius 1 is 1.48 bits per heavy atom. The molecule has 1 aromatic rings. The summed E-state index contributed by atoms with van der Waals surface area (Å²) in [6.45, 7) is 1.97. The number of fused-ring (bicyclic) bond motifs is 1. The number of rotatable bonds is 5. The van der Waals surface area contributed by atoms with Gasteiger partial charge in [-0.25, -0.2) is 0 Å². The van der Waals surface area contributed by atoms with E-state index in [2.05, 4.69) is 15.9 Å². The van der Waals surface area contributed by atoms with Crippen molar-refractivity contribution in [2.24, 2.45) is 16.7 Å². The molecule has 1 aliphatic heterocycles. The monoisotopic (exact) mass is 396 g/mol. The van der Waals surface area contributed by atoms with Crippen molar-refractivity contribution in [3.05, 3.63) is 24.0 Å². The summed E-state index contributed by atoms with van der Waals surface area (Å²) in [5.74, 6) is -1.19. The number of pyridine rings is 1. The molecule has 3 unspecified atom stereocenters. The summed E-state index contributed by atoms with van der Waals surface area (Å²) in [5.41, 5.74) is -0.273. The van der Waals surface area contributed by atoms with Gasteiger partial charge < -0.3 is 0 Å². The van der Waals surface area contributed by atoms with Crippen LogP contribution in [-0.2, 0) is 9.53 Å². The molecule has 1 aromatic heterocycles. The fourth-order valence-corrected chi connectivity index (χ4v) is 4.58. The van der Waals surface area contributed by atoms with Gasteiger partial charge in [0.1, 0.15) is 0 Å². The van der Waals surface area contributed by atoms with Gasteiger partial charge in [0.25, 0.3) is 0 Å². The van der Waals surface area contributed by atoms with Gasteiger partial charge in [0.05, 0.1) is 0 Å². The number of nitrogens with zero attached hydrogens (tertiary/aromatic N) is 2. The summed E-state index contributed by atoms with van der Waals surface area (Å²) in [6, 6.07) is 3.81. The second-order valence-corrected chi connectivity index (χ2v) is 7.78. The number of esters is 1. The first-order chi connectivity index (χ1) is 14.0. The molecule has 29 heavy (non-hydrogen) atoms. The van der Waals surface area contributed by atoms with Crippen LogP contribution in [0.1, 0.15) is 55.8 Å². The molecule has 1 saturated carbocycles. The Hall–Kier alpha value is -2.69. The number of carbonyl (C=O) groups is 2. The van der Waals surface area contributed by atoms with E-state index in [-0.39, 0.29) is 18.1 Å². The third-order valence-corrected chi connectivity index (χ3v) is 6.17. The zero-order valence-electron chi connectivity index (χ0n) is 16.8. The number of carbonyl (C=O) groups excluding carboxylic acids is 2. The van der Waals surface area contributed by atoms with Crippen LogP contribution in [0.4, 0.5) is 0 Å². The first-order valence-electron chi connectivity index (χ1n) is 9.93. The van der Waals surface area contributed by atoms with Crippen LogP contribution >= 0.6 is 0 Å². The molecule has 0 spiro atoms. The molecule has 152 valence electrons. The molecule has 1 aliphatic carbocycles. The number of aliphatic hydroxyl groups excluding tert-OH is 1. The minimum absolute atomic E-state index is 0.0581. The van der Waals surface area contributed by atoms with Gasteiger partial charge in [0, 0.05) is 0 Å². The van der Waals surface area contributed by atoms with Gasteiger partial charge in [-0.15, -0.1) is 0 Å². The third-order valence-electron chi connectivity index (χ3n) is 6.17. The number of aliphatic hydroxyl groups is 1. The van der Waals surface area contributed by atoms with Crippen molar-refractivity contribution in [1.29, 1.82) is 0 Å². The molecule has 0 aromatic carbocycles. The molecule has 0 radical (unpaired) electrons. The molecule has 0 bridgehead atoms. The molecule has 2 aliphatic rings. The maximum atomic E-state index is 13.5. The minimum atomic E-state index is -0.773. The maximum absolute atomic E-state index is 13.5. The Morgan fingerprint density at radius 3 is 2.93 bits per heavy atom. The van der Waals surface area contributed by atoms with E-state index in [1.54, 1.807) is 24.6 Å². The summed E-state index contributed by atoms with van der Waals surface area (Å²) in [4.78, 5) is 33.7. The summed E-state index contributed by atoms with van der Waals surface area (Å²) in [6.07, 6.45) is 10.3. The van der Waals surface area contributed by atoms with Gasteiger partial charge in [-0.05, 0) is 0 Å². The van der Waals surface area contributed by atoms with Crippen LogP contribution in [0.5, 0.6) is 5.75 Å². The van der Waals surface area contributed by atoms with E-state index in [0.717, 1.165) is 25.7 Å². The molecule has 1 fully saturated rings. The van der Waals surface area contributed by atoms with Gasteiger partial charge in [0.2, 0.25) is 0 Å². The Balaban J connectivity index is 1.99. The van der Waals surface area contributed by atoms with E-state index < -0.39 is 23.3 Å². The van der Waals surface area contributed by atoms with E-state index in [1.807, 2.05) is 6.92 Å².